The Kier molecular flexibility index (Phi) is 7.00. The molecule has 2 aromatic rings. The first-order chi connectivity index (χ1) is 13.0. The third kappa shape index (κ3) is 5.61. The quantitative estimate of drug-likeness (QED) is 0.519. The van der Waals surface area contributed by atoms with Gasteiger partial charge in [0.25, 0.3) is 5.89 Å². The molecule has 1 heterocycles. The smallest absolute Gasteiger partial charge is 0.258 e. The first-order valence-corrected chi connectivity index (χ1v) is 8.67. The highest BCUT2D eigenvalue weighted by atomic mass is 16.5. The molecule has 0 aliphatic rings. The summed E-state index contributed by atoms with van der Waals surface area (Å²) in [4.78, 5) is 19.4. The highest BCUT2D eigenvalue weighted by Gasteiger charge is 2.12. The second kappa shape index (κ2) is 9.43. The van der Waals surface area contributed by atoms with Gasteiger partial charge in [-0.15, -0.1) is 0 Å². The molecular formula is C20H22N4O3. The molecule has 0 spiro atoms. The van der Waals surface area contributed by atoms with Gasteiger partial charge in [-0.1, -0.05) is 10.7 Å². The average molecular weight is 366 g/mol. The van der Waals surface area contributed by atoms with Crippen LogP contribution in [0.1, 0.15) is 45.5 Å². The number of rotatable bonds is 8. The molecule has 0 atom stereocenters. The van der Waals surface area contributed by atoms with Crippen LogP contribution in [0.4, 0.5) is 0 Å². The SMILES string of the molecule is CCN=C(C=O)C/C(C)=C/c1noc(-c2ccc(OC(C)C)c(C#N)c2)n1. The van der Waals surface area contributed by atoms with Crippen LogP contribution in [0.25, 0.3) is 17.5 Å². The predicted octanol–water partition coefficient (Wildman–Crippen LogP) is 3.85. The lowest BCUT2D eigenvalue weighted by atomic mass is 10.1. The van der Waals surface area contributed by atoms with Crippen molar-refractivity contribution in [3.8, 4) is 23.3 Å². The number of hydrogen-bond donors (Lipinski definition) is 0. The summed E-state index contributed by atoms with van der Waals surface area (Å²) in [5.74, 6) is 1.22. The third-order valence-electron chi connectivity index (χ3n) is 3.48. The Morgan fingerprint density at radius 2 is 2.22 bits per heavy atom. The van der Waals surface area contributed by atoms with E-state index in [1.165, 1.54) is 0 Å². The Balaban J connectivity index is 2.22. The molecule has 0 unspecified atom stereocenters. The number of ether oxygens (including phenoxy) is 1. The Hall–Kier alpha value is -3.27. The molecule has 0 aliphatic carbocycles. The van der Waals surface area contributed by atoms with Crippen molar-refractivity contribution in [2.45, 2.75) is 40.2 Å². The molecule has 0 aliphatic heterocycles. The molecule has 27 heavy (non-hydrogen) atoms. The zero-order valence-corrected chi connectivity index (χ0v) is 15.9. The van der Waals surface area contributed by atoms with Crippen LogP contribution in [0.2, 0.25) is 0 Å². The van der Waals surface area contributed by atoms with E-state index in [0.29, 0.717) is 47.3 Å². The van der Waals surface area contributed by atoms with E-state index in [-0.39, 0.29) is 6.10 Å². The van der Waals surface area contributed by atoms with E-state index in [9.17, 15) is 10.1 Å². The number of nitriles is 1. The van der Waals surface area contributed by atoms with Crippen molar-refractivity contribution in [2.75, 3.05) is 6.54 Å². The summed E-state index contributed by atoms with van der Waals surface area (Å²) in [7, 11) is 0. The summed E-state index contributed by atoms with van der Waals surface area (Å²) in [5.41, 5.74) is 2.40. The Morgan fingerprint density at radius 3 is 2.85 bits per heavy atom. The van der Waals surface area contributed by atoms with Crippen LogP contribution in [0.3, 0.4) is 0 Å². The number of benzene rings is 1. The van der Waals surface area contributed by atoms with Crippen LogP contribution in [-0.4, -0.2) is 34.8 Å². The molecule has 0 bridgehead atoms. The summed E-state index contributed by atoms with van der Waals surface area (Å²) in [5, 5.41) is 13.3. The van der Waals surface area contributed by atoms with Crippen LogP contribution in [0.15, 0.2) is 33.3 Å². The second-order valence-electron chi connectivity index (χ2n) is 6.20. The maximum atomic E-state index is 11.0. The van der Waals surface area contributed by atoms with Gasteiger partial charge in [0.15, 0.2) is 12.1 Å². The zero-order valence-electron chi connectivity index (χ0n) is 15.9. The first kappa shape index (κ1) is 20.0. The van der Waals surface area contributed by atoms with Crippen molar-refractivity contribution < 1.29 is 14.1 Å². The Morgan fingerprint density at radius 1 is 1.44 bits per heavy atom. The fourth-order valence-corrected chi connectivity index (χ4v) is 2.41. The molecule has 140 valence electrons. The fourth-order valence-electron chi connectivity index (χ4n) is 2.41. The van der Waals surface area contributed by atoms with Gasteiger partial charge in [-0.2, -0.15) is 10.2 Å². The standard InChI is InChI=1S/C20H22N4O3/c1-5-22-17(12-25)8-14(4)9-19-23-20(27-24-19)15-6-7-18(26-13(2)3)16(10-15)11-21/h6-7,9-10,12-13H,5,8H2,1-4H3/b14-9+,22-17?. The molecule has 2 rings (SSSR count). The molecule has 1 aromatic heterocycles. The molecule has 0 saturated carbocycles. The highest BCUT2D eigenvalue weighted by Crippen LogP contribution is 2.26. The van der Waals surface area contributed by atoms with E-state index in [4.69, 9.17) is 9.26 Å². The summed E-state index contributed by atoms with van der Waals surface area (Å²) >= 11 is 0. The van der Waals surface area contributed by atoms with Crippen molar-refractivity contribution in [3.05, 3.63) is 35.2 Å². The van der Waals surface area contributed by atoms with Crippen LogP contribution in [-0.2, 0) is 4.79 Å². The number of aldehydes is 1. The van der Waals surface area contributed by atoms with Crippen molar-refractivity contribution in [1.29, 1.82) is 5.26 Å². The van der Waals surface area contributed by atoms with Crippen molar-refractivity contribution in [2.24, 2.45) is 4.99 Å². The van der Waals surface area contributed by atoms with E-state index >= 15 is 0 Å². The van der Waals surface area contributed by atoms with E-state index in [0.717, 1.165) is 11.9 Å². The van der Waals surface area contributed by atoms with E-state index in [2.05, 4.69) is 21.2 Å². The number of aliphatic imine (C=N–C) groups is 1. The predicted molar refractivity (Wildman–Crippen MR) is 103 cm³/mol. The van der Waals surface area contributed by atoms with Crippen molar-refractivity contribution >= 4 is 18.1 Å². The summed E-state index contributed by atoms with van der Waals surface area (Å²) in [6.45, 7) is 8.10. The highest BCUT2D eigenvalue weighted by molar-refractivity contribution is 6.29. The molecule has 0 saturated heterocycles. The lowest BCUT2D eigenvalue weighted by molar-refractivity contribution is -0.102. The van der Waals surface area contributed by atoms with E-state index in [1.807, 2.05) is 27.7 Å². The molecule has 0 fully saturated rings. The van der Waals surface area contributed by atoms with Gasteiger partial charge in [0, 0.05) is 18.5 Å². The van der Waals surface area contributed by atoms with Crippen LogP contribution < -0.4 is 4.74 Å². The molecular weight excluding hydrogens is 344 g/mol. The minimum absolute atomic E-state index is 0.0291. The molecule has 7 heteroatoms. The van der Waals surface area contributed by atoms with Gasteiger partial charge >= 0.3 is 0 Å². The van der Waals surface area contributed by atoms with Crippen LogP contribution >= 0.6 is 0 Å². The number of allylic oxidation sites excluding steroid dienone is 1. The monoisotopic (exact) mass is 366 g/mol. The zero-order chi connectivity index (χ0) is 19.8. The van der Waals surface area contributed by atoms with E-state index < -0.39 is 0 Å². The number of carbonyl (C=O) groups excluding carboxylic acids is 1. The summed E-state index contributed by atoms with van der Waals surface area (Å²) in [6, 6.07) is 7.26. The second-order valence-corrected chi connectivity index (χ2v) is 6.20. The summed E-state index contributed by atoms with van der Waals surface area (Å²) < 4.78 is 10.9. The maximum Gasteiger partial charge on any atom is 0.258 e. The lowest BCUT2D eigenvalue weighted by Crippen LogP contribution is -2.06. The minimum Gasteiger partial charge on any atom is -0.490 e. The number of aromatic nitrogens is 2. The number of hydrogen-bond acceptors (Lipinski definition) is 7. The third-order valence-corrected chi connectivity index (χ3v) is 3.48. The average Bonchev–Trinajstić information content (AvgIpc) is 3.09. The van der Waals surface area contributed by atoms with Gasteiger partial charge < -0.3 is 9.26 Å². The van der Waals surface area contributed by atoms with Crippen LogP contribution in [0, 0.1) is 11.3 Å². The maximum absolute atomic E-state index is 11.0. The van der Waals surface area contributed by atoms with Gasteiger partial charge in [0.2, 0.25) is 0 Å². The van der Waals surface area contributed by atoms with Crippen molar-refractivity contribution in [1.82, 2.24) is 10.1 Å². The summed E-state index contributed by atoms with van der Waals surface area (Å²) in [6.07, 6.45) is 2.90. The normalized spacial score (nSPS) is 12.1. The molecule has 0 N–H and O–H groups in total. The largest absolute Gasteiger partial charge is 0.490 e. The molecule has 0 radical (unpaired) electrons. The number of nitrogens with zero attached hydrogens (tertiary/aromatic N) is 4. The molecule has 1 aromatic carbocycles. The molecule has 7 nitrogen and oxygen atoms in total. The minimum atomic E-state index is -0.0291. The Bertz CT molecular complexity index is 904. The van der Waals surface area contributed by atoms with Crippen molar-refractivity contribution in [3.63, 3.8) is 0 Å². The van der Waals surface area contributed by atoms with Gasteiger partial charge in [-0.3, -0.25) is 9.79 Å². The fraction of sp³-hybridized carbons (Fsp3) is 0.350. The Labute approximate surface area is 158 Å². The van der Waals surface area contributed by atoms with Crippen LogP contribution in [0.5, 0.6) is 5.75 Å². The lowest BCUT2D eigenvalue weighted by Gasteiger charge is -2.11. The van der Waals surface area contributed by atoms with Gasteiger partial charge in [0.05, 0.1) is 17.4 Å². The van der Waals surface area contributed by atoms with Gasteiger partial charge in [-0.05, 0) is 52.0 Å². The van der Waals surface area contributed by atoms with E-state index in [1.54, 1.807) is 24.3 Å². The topological polar surface area (TPSA) is 101 Å². The number of carbonyl (C=O) groups is 1. The van der Waals surface area contributed by atoms with Gasteiger partial charge in [0.1, 0.15) is 11.8 Å². The molecule has 0 amide bonds. The van der Waals surface area contributed by atoms with Gasteiger partial charge in [-0.25, -0.2) is 0 Å². The first-order valence-electron chi connectivity index (χ1n) is 8.67.